The number of aryl methyl sites for hydroxylation is 1. The molecule has 4 rings (SSSR count). The molecule has 0 N–H and O–H groups in total. The van der Waals surface area contributed by atoms with Crippen molar-refractivity contribution in [3.05, 3.63) is 97.0 Å². The van der Waals surface area contributed by atoms with Crippen LogP contribution in [0.25, 0.3) is 6.08 Å². The van der Waals surface area contributed by atoms with E-state index in [9.17, 15) is 9.59 Å². The van der Waals surface area contributed by atoms with Gasteiger partial charge in [-0.15, -0.1) is 0 Å². The Morgan fingerprint density at radius 1 is 1.05 bits per heavy atom. The van der Waals surface area contributed by atoms with Gasteiger partial charge in [0.2, 0.25) is 0 Å². The summed E-state index contributed by atoms with van der Waals surface area (Å²) in [6, 6.07) is 18.5. The van der Waals surface area contributed by atoms with E-state index in [-0.39, 0.29) is 23.3 Å². The average Bonchev–Trinajstić information content (AvgIpc) is 3.09. The molecule has 0 unspecified atom stereocenters. The predicted octanol–water partition coefficient (Wildman–Crippen LogP) is 6.90. The Morgan fingerprint density at radius 3 is 2.27 bits per heavy atom. The Morgan fingerprint density at radius 2 is 1.68 bits per heavy atom. The molecule has 3 aromatic carbocycles. The summed E-state index contributed by atoms with van der Waals surface area (Å²) in [6.45, 7) is 2.22. The summed E-state index contributed by atoms with van der Waals surface area (Å²) in [4.78, 5) is 28.5. The molecule has 1 fully saturated rings. The van der Waals surface area contributed by atoms with Gasteiger partial charge in [-0.05, 0) is 105 Å². The minimum absolute atomic E-state index is 0.167. The molecule has 0 radical (unpaired) electrons. The van der Waals surface area contributed by atoms with E-state index in [0.717, 1.165) is 5.56 Å². The van der Waals surface area contributed by atoms with Gasteiger partial charge in [-0.1, -0.05) is 41.4 Å². The van der Waals surface area contributed by atoms with Crippen molar-refractivity contribution in [2.24, 2.45) is 0 Å². The van der Waals surface area contributed by atoms with E-state index in [4.69, 9.17) is 33.3 Å². The number of halogens is 3. The average molecular weight is 665 g/mol. The molecule has 0 atom stereocenters. The molecule has 6 nitrogen and oxygen atoms in total. The zero-order chi connectivity index (χ0) is 26.7. The van der Waals surface area contributed by atoms with Gasteiger partial charge in [-0.3, -0.25) is 14.5 Å². The van der Waals surface area contributed by atoms with Crippen LogP contribution in [0.4, 0.5) is 5.69 Å². The van der Waals surface area contributed by atoms with Gasteiger partial charge in [0.25, 0.3) is 5.91 Å². The molecule has 0 aromatic heterocycles. The molecule has 0 spiro atoms. The standard InChI is InChI=1S/C27H21Br2ClN2O4S/c1-16-3-5-17(6-4-16)15-36-25-21(28)11-18(12-22(25)29)13-23-26(34)32(20-9-7-19(30)8-10-20)27(37)31(23)14-24(33)35-2/h3-13H,14-15H2,1-2H3/b23-13-. The van der Waals surface area contributed by atoms with Crippen molar-refractivity contribution in [1.29, 1.82) is 0 Å². The van der Waals surface area contributed by atoms with E-state index in [1.807, 2.05) is 43.3 Å². The lowest BCUT2D eigenvalue weighted by molar-refractivity contribution is -0.140. The van der Waals surface area contributed by atoms with Gasteiger partial charge in [0.05, 0.1) is 21.7 Å². The number of rotatable bonds is 7. The molecular weight excluding hydrogens is 644 g/mol. The number of nitrogens with zero attached hydrogens (tertiary/aromatic N) is 2. The maximum absolute atomic E-state index is 13.5. The minimum Gasteiger partial charge on any atom is -0.487 e. The van der Waals surface area contributed by atoms with Crippen molar-refractivity contribution in [3.63, 3.8) is 0 Å². The van der Waals surface area contributed by atoms with E-state index in [2.05, 4.69) is 31.9 Å². The summed E-state index contributed by atoms with van der Waals surface area (Å²) in [5.41, 5.74) is 3.69. The Balaban J connectivity index is 1.65. The van der Waals surface area contributed by atoms with Gasteiger partial charge in [-0.2, -0.15) is 0 Å². The van der Waals surface area contributed by atoms with Crippen LogP contribution in [-0.2, 0) is 20.9 Å². The lowest BCUT2D eigenvalue weighted by Gasteiger charge is -2.19. The lowest BCUT2D eigenvalue weighted by Crippen LogP contribution is -2.35. The van der Waals surface area contributed by atoms with Crippen LogP contribution < -0.4 is 9.64 Å². The SMILES string of the molecule is COC(=O)CN1C(=S)N(c2ccc(Cl)cc2)C(=O)/C1=C/c1cc(Br)c(OCc2ccc(C)cc2)c(Br)c1. The Hall–Kier alpha value is -2.72. The second kappa shape index (κ2) is 11.8. The molecule has 37 heavy (non-hydrogen) atoms. The predicted molar refractivity (Wildman–Crippen MR) is 156 cm³/mol. The van der Waals surface area contributed by atoms with Crippen molar-refractivity contribution in [3.8, 4) is 5.75 Å². The van der Waals surface area contributed by atoms with Gasteiger partial charge in [0.1, 0.15) is 24.6 Å². The zero-order valence-electron chi connectivity index (χ0n) is 19.8. The fourth-order valence-electron chi connectivity index (χ4n) is 3.64. The molecule has 1 aliphatic rings. The Kier molecular flexibility index (Phi) is 8.69. The van der Waals surface area contributed by atoms with E-state index in [0.29, 0.717) is 37.6 Å². The van der Waals surface area contributed by atoms with Crippen molar-refractivity contribution < 1.29 is 19.1 Å². The van der Waals surface area contributed by atoms with E-state index >= 15 is 0 Å². The van der Waals surface area contributed by atoms with E-state index in [1.165, 1.54) is 22.5 Å². The number of amides is 1. The van der Waals surface area contributed by atoms with Gasteiger partial charge >= 0.3 is 5.97 Å². The van der Waals surface area contributed by atoms with Crippen LogP contribution >= 0.6 is 55.7 Å². The molecule has 0 saturated carbocycles. The van der Waals surface area contributed by atoms with E-state index < -0.39 is 5.97 Å². The van der Waals surface area contributed by atoms with Crippen LogP contribution in [0.1, 0.15) is 16.7 Å². The van der Waals surface area contributed by atoms with Crippen LogP contribution in [0.2, 0.25) is 5.02 Å². The summed E-state index contributed by atoms with van der Waals surface area (Å²) in [5, 5.41) is 0.697. The molecule has 190 valence electrons. The number of carbonyl (C=O) groups excluding carboxylic acids is 2. The van der Waals surface area contributed by atoms with E-state index in [1.54, 1.807) is 30.3 Å². The third kappa shape index (κ3) is 6.23. The maximum Gasteiger partial charge on any atom is 0.325 e. The fraction of sp³-hybridized carbons (Fsp3) is 0.148. The third-order valence-electron chi connectivity index (χ3n) is 5.56. The Labute approximate surface area is 242 Å². The Bertz CT molecular complexity index is 1370. The molecule has 1 amide bonds. The lowest BCUT2D eigenvalue weighted by atomic mass is 10.1. The molecule has 0 bridgehead atoms. The highest BCUT2D eigenvalue weighted by Gasteiger charge is 2.40. The number of anilines is 1. The number of hydrogen-bond donors (Lipinski definition) is 0. The van der Waals surface area contributed by atoms with Gasteiger partial charge in [-0.25, -0.2) is 0 Å². The highest BCUT2D eigenvalue weighted by Crippen LogP contribution is 2.37. The number of methoxy groups -OCH3 is 1. The number of esters is 1. The number of carbonyl (C=O) groups is 2. The summed E-state index contributed by atoms with van der Waals surface area (Å²) < 4.78 is 12.3. The summed E-state index contributed by atoms with van der Waals surface area (Å²) in [6.07, 6.45) is 1.67. The number of thiocarbonyl (C=S) groups is 1. The van der Waals surface area contributed by atoms with Gasteiger partial charge in [0, 0.05) is 5.02 Å². The molecule has 10 heteroatoms. The van der Waals surface area contributed by atoms with Crippen molar-refractivity contribution in [2.45, 2.75) is 13.5 Å². The summed E-state index contributed by atoms with van der Waals surface area (Å²) in [5.74, 6) is -0.269. The molecule has 3 aromatic rings. The normalized spacial score (nSPS) is 14.5. The first-order chi connectivity index (χ1) is 17.7. The molecule has 0 aliphatic carbocycles. The van der Waals surface area contributed by atoms with Gasteiger partial charge < -0.3 is 14.4 Å². The smallest absolute Gasteiger partial charge is 0.325 e. The van der Waals surface area contributed by atoms with Crippen LogP contribution in [0, 0.1) is 6.92 Å². The quantitative estimate of drug-likeness (QED) is 0.156. The summed E-state index contributed by atoms with van der Waals surface area (Å²) in [7, 11) is 1.28. The first-order valence-electron chi connectivity index (χ1n) is 11.1. The number of benzene rings is 3. The van der Waals surface area contributed by atoms with Crippen molar-refractivity contribution in [1.82, 2.24) is 4.90 Å². The van der Waals surface area contributed by atoms with Crippen molar-refractivity contribution in [2.75, 3.05) is 18.6 Å². The fourth-order valence-corrected chi connectivity index (χ4v) is 5.57. The van der Waals surface area contributed by atoms with Crippen LogP contribution in [-0.4, -0.2) is 35.5 Å². The maximum atomic E-state index is 13.5. The highest BCUT2D eigenvalue weighted by atomic mass is 79.9. The molecule has 1 aliphatic heterocycles. The topological polar surface area (TPSA) is 59.1 Å². The van der Waals surface area contributed by atoms with Crippen LogP contribution in [0.3, 0.4) is 0 Å². The van der Waals surface area contributed by atoms with Crippen molar-refractivity contribution >= 4 is 84.4 Å². The number of hydrogen-bond acceptors (Lipinski definition) is 5. The first-order valence-corrected chi connectivity index (χ1v) is 13.4. The second-order valence-electron chi connectivity index (χ2n) is 8.18. The second-order valence-corrected chi connectivity index (χ2v) is 10.7. The molecule has 1 saturated heterocycles. The highest BCUT2D eigenvalue weighted by molar-refractivity contribution is 9.11. The monoisotopic (exact) mass is 662 g/mol. The number of ether oxygens (including phenoxy) is 2. The first kappa shape index (κ1) is 27.3. The molecular formula is C27H21Br2ClN2O4S. The van der Waals surface area contributed by atoms with Crippen LogP contribution in [0.15, 0.2) is 75.3 Å². The molecule has 1 heterocycles. The van der Waals surface area contributed by atoms with Crippen LogP contribution in [0.5, 0.6) is 5.75 Å². The third-order valence-corrected chi connectivity index (χ3v) is 7.40. The largest absolute Gasteiger partial charge is 0.487 e. The van der Waals surface area contributed by atoms with Gasteiger partial charge in [0.15, 0.2) is 5.11 Å². The summed E-state index contributed by atoms with van der Waals surface area (Å²) >= 11 is 18.7. The minimum atomic E-state index is -0.527. The zero-order valence-corrected chi connectivity index (χ0v) is 24.6.